The third-order valence-corrected chi connectivity index (χ3v) is 4.44. The lowest BCUT2D eigenvalue weighted by Gasteiger charge is -2.27. The fourth-order valence-corrected chi connectivity index (χ4v) is 3.44. The largest absolute Gasteiger partial charge is 0.333 e. The second-order valence-corrected chi connectivity index (χ2v) is 5.61. The first kappa shape index (κ1) is 12.8. The lowest BCUT2D eigenvalue weighted by Crippen LogP contribution is -2.35. The number of carbonyl (C=O) groups is 1. The highest BCUT2D eigenvalue weighted by Gasteiger charge is 2.24. The van der Waals surface area contributed by atoms with Crippen molar-refractivity contribution in [3.05, 3.63) is 57.0 Å². The van der Waals surface area contributed by atoms with E-state index >= 15 is 0 Å². The van der Waals surface area contributed by atoms with Crippen molar-refractivity contribution < 1.29 is 9.18 Å². The Morgan fingerprint density at radius 1 is 1.45 bits per heavy atom. The molecule has 1 aromatic carbocycles. The minimum atomic E-state index is -0.406. The lowest BCUT2D eigenvalue weighted by molar-refractivity contribution is 0.0736. The number of nitrogens with zero attached hydrogens (tertiary/aromatic N) is 2. The Morgan fingerprint density at radius 2 is 2.30 bits per heavy atom. The molecule has 0 radical (unpaired) electrons. The molecule has 1 aromatic heterocycles. The molecule has 3 nitrogen and oxygen atoms in total. The molecule has 1 aliphatic rings. The van der Waals surface area contributed by atoms with E-state index in [9.17, 15) is 9.18 Å². The lowest BCUT2D eigenvalue weighted by atomic mass is 10.0. The third-order valence-electron chi connectivity index (χ3n) is 3.43. The van der Waals surface area contributed by atoms with Gasteiger partial charge in [-0.2, -0.15) is 5.26 Å². The molecule has 0 bridgehead atoms. The Kier molecular flexibility index (Phi) is 3.25. The number of benzene rings is 1. The Balaban J connectivity index is 1.84. The molecule has 0 fully saturated rings. The summed E-state index contributed by atoms with van der Waals surface area (Å²) < 4.78 is 13.2. The minimum absolute atomic E-state index is 0.165. The van der Waals surface area contributed by atoms with Crippen molar-refractivity contribution in [2.45, 2.75) is 13.0 Å². The van der Waals surface area contributed by atoms with Gasteiger partial charge in [-0.25, -0.2) is 4.39 Å². The molecule has 0 aliphatic carbocycles. The molecule has 0 saturated carbocycles. The van der Waals surface area contributed by atoms with E-state index in [1.807, 2.05) is 5.38 Å². The van der Waals surface area contributed by atoms with Crippen molar-refractivity contribution in [3.8, 4) is 6.07 Å². The van der Waals surface area contributed by atoms with Gasteiger partial charge in [0.15, 0.2) is 0 Å². The van der Waals surface area contributed by atoms with Crippen molar-refractivity contribution in [2.24, 2.45) is 0 Å². The standard InChI is InChI=1S/C15H11FN2OS/c16-12-3-1-2-10(6-12)15(19)18-5-4-13-11(7-17)9-20-14(13)8-18/h1-3,6,9H,4-5,8H2. The number of nitriles is 1. The predicted molar refractivity (Wildman–Crippen MR) is 73.9 cm³/mol. The number of amides is 1. The van der Waals surface area contributed by atoms with E-state index in [2.05, 4.69) is 6.07 Å². The van der Waals surface area contributed by atoms with Crippen LogP contribution in [0.4, 0.5) is 4.39 Å². The Labute approximate surface area is 119 Å². The van der Waals surface area contributed by atoms with E-state index in [0.29, 0.717) is 30.6 Å². The molecule has 3 rings (SSSR count). The number of rotatable bonds is 1. The summed E-state index contributed by atoms with van der Waals surface area (Å²) in [6.07, 6.45) is 0.683. The molecule has 1 amide bonds. The van der Waals surface area contributed by atoms with Gasteiger partial charge in [0, 0.05) is 22.4 Å². The van der Waals surface area contributed by atoms with Crippen LogP contribution in [0.25, 0.3) is 0 Å². The smallest absolute Gasteiger partial charge is 0.254 e. The number of fused-ring (bicyclic) bond motifs is 1. The molecule has 100 valence electrons. The summed E-state index contributed by atoms with van der Waals surface area (Å²) in [4.78, 5) is 15.1. The van der Waals surface area contributed by atoms with Gasteiger partial charge in [-0.05, 0) is 30.2 Å². The molecule has 5 heteroatoms. The van der Waals surface area contributed by atoms with Crippen molar-refractivity contribution in [2.75, 3.05) is 6.54 Å². The van der Waals surface area contributed by atoms with Crippen molar-refractivity contribution >= 4 is 17.2 Å². The molecule has 0 spiro atoms. The Hall–Kier alpha value is -2.19. The zero-order valence-electron chi connectivity index (χ0n) is 10.6. The molecular weight excluding hydrogens is 275 g/mol. The van der Waals surface area contributed by atoms with Gasteiger partial charge in [0.1, 0.15) is 11.9 Å². The van der Waals surface area contributed by atoms with Crippen molar-refractivity contribution in [3.63, 3.8) is 0 Å². The first-order valence-corrected chi connectivity index (χ1v) is 7.11. The average Bonchev–Trinajstić information content (AvgIpc) is 2.88. The van der Waals surface area contributed by atoms with Crippen LogP contribution in [0.5, 0.6) is 0 Å². The summed E-state index contributed by atoms with van der Waals surface area (Å²) in [6.45, 7) is 1.06. The van der Waals surface area contributed by atoms with Crippen molar-refractivity contribution in [1.29, 1.82) is 5.26 Å². The normalized spacial score (nSPS) is 13.7. The Bertz CT molecular complexity index is 717. The van der Waals surface area contributed by atoms with Crippen LogP contribution in [-0.4, -0.2) is 17.4 Å². The maximum atomic E-state index is 13.2. The molecule has 0 N–H and O–H groups in total. The van der Waals surface area contributed by atoms with E-state index in [4.69, 9.17) is 5.26 Å². The van der Waals surface area contributed by atoms with Gasteiger partial charge in [0.25, 0.3) is 5.91 Å². The van der Waals surface area contributed by atoms with Crippen LogP contribution in [0.15, 0.2) is 29.6 Å². The summed E-state index contributed by atoms with van der Waals surface area (Å²) in [5.74, 6) is -0.571. The quantitative estimate of drug-likeness (QED) is 0.809. The zero-order valence-corrected chi connectivity index (χ0v) is 11.4. The molecule has 0 atom stereocenters. The van der Waals surface area contributed by atoms with Crippen LogP contribution in [0.1, 0.15) is 26.4 Å². The highest BCUT2D eigenvalue weighted by molar-refractivity contribution is 7.10. The van der Waals surface area contributed by atoms with Gasteiger partial charge in [-0.15, -0.1) is 11.3 Å². The first-order valence-electron chi connectivity index (χ1n) is 6.23. The van der Waals surface area contributed by atoms with E-state index in [1.54, 1.807) is 11.0 Å². The topological polar surface area (TPSA) is 44.1 Å². The molecular formula is C15H11FN2OS. The third kappa shape index (κ3) is 2.19. The average molecular weight is 286 g/mol. The van der Waals surface area contributed by atoms with Gasteiger partial charge in [0.05, 0.1) is 12.1 Å². The highest BCUT2D eigenvalue weighted by Crippen LogP contribution is 2.28. The minimum Gasteiger partial charge on any atom is -0.333 e. The maximum Gasteiger partial charge on any atom is 0.254 e. The van der Waals surface area contributed by atoms with Crippen molar-refractivity contribution in [1.82, 2.24) is 4.90 Å². The molecule has 2 aromatic rings. The monoisotopic (exact) mass is 286 g/mol. The second-order valence-electron chi connectivity index (χ2n) is 4.65. The zero-order chi connectivity index (χ0) is 14.1. The predicted octanol–water partition coefficient (Wildman–Crippen LogP) is 2.96. The van der Waals surface area contributed by atoms with E-state index in [-0.39, 0.29) is 5.91 Å². The Morgan fingerprint density at radius 3 is 3.05 bits per heavy atom. The van der Waals surface area contributed by atoms with Crippen LogP contribution in [0.3, 0.4) is 0 Å². The fraction of sp³-hybridized carbons (Fsp3) is 0.200. The van der Waals surface area contributed by atoms with Gasteiger partial charge >= 0.3 is 0 Å². The number of carbonyl (C=O) groups excluding carboxylic acids is 1. The number of thiophene rings is 1. The molecule has 20 heavy (non-hydrogen) atoms. The van der Waals surface area contributed by atoms with Crippen LogP contribution in [0.2, 0.25) is 0 Å². The molecule has 2 heterocycles. The number of hydrogen-bond acceptors (Lipinski definition) is 3. The molecule has 0 saturated heterocycles. The van der Waals surface area contributed by atoms with Crippen LogP contribution < -0.4 is 0 Å². The first-order chi connectivity index (χ1) is 9.69. The van der Waals surface area contributed by atoms with E-state index in [1.165, 1.54) is 29.5 Å². The maximum absolute atomic E-state index is 13.2. The summed E-state index contributed by atoms with van der Waals surface area (Å²) in [7, 11) is 0. The number of hydrogen-bond donors (Lipinski definition) is 0. The SMILES string of the molecule is N#Cc1csc2c1CCN(C(=O)c1cccc(F)c1)C2. The highest BCUT2D eigenvalue weighted by atomic mass is 32.1. The summed E-state index contributed by atoms with van der Waals surface area (Å²) >= 11 is 1.51. The molecule has 1 aliphatic heterocycles. The van der Waals surface area contributed by atoms with Gasteiger partial charge in [0.2, 0.25) is 0 Å². The fourth-order valence-electron chi connectivity index (χ4n) is 2.40. The summed E-state index contributed by atoms with van der Waals surface area (Å²) in [5, 5.41) is 10.8. The number of halogens is 1. The van der Waals surface area contributed by atoms with E-state index < -0.39 is 5.82 Å². The second kappa shape index (κ2) is 5.06. The summed E-state index contributed by atoms with van der Waals surface area (Å²) in [5.41, 5.74) is 2.13. The van der Waals surface area contributed by atoms with Crippen LogP contribution in [0, 0.1) is 17.1 Å². The summed E-state index contributed by atoms with van der Waals surface area (Å²) in [6, 6.07) is 7.92. The van der Waals surface area contributed by atoms with Gasteiger partial charge in [-0.1, -0.05) is 6.07 Å². The van der Waals surface area contributed by atoms with Crippen LogP contribution in [-0.2, 0) is 13.0 Å². The van der Waals surface area contributed by atoms with Crippen LogP contribution >= 0.6 is 11.3 Å². The van der Waals surface area contributed by atoms with E-state index in [0.717, 1.165) is 10.4 Å². The molecule has 0 unspecified atom stereocenters. The van der Waals surface area contributed by atoms with Gasteiger partial charge in [-0.3, -0.25) is 4.79 Å². The van der Waals surface area contributed by atoms with Gasteiger partial charge < -0.3 is 4.90 Å².